The number of rotatable bonds is 3. The van der Waals surface area contributed by atoms with Crippen LogP contribution in [0.4, 0.5) is 5.95 Å². The lowest BCUT2D eigenvalue weighted by Crippen LogP contribution is -2.29. The highest BCUT2D eigenvalue weighted by Crippen LogP contribution is 2.31. The number of benzene rings is 1. The molecule has 1 aliphatic heterocycles. The molecule has 0 bridgehead atoms. The quantitative estimate of drug-likeness (QED) is 0.811. The third-order valence-electron chi connectivity index (χ3n) is 3.86. The third kappa shape index (κ3) is 3.48. The summed E-state index contributed by atoms with van der Waals surface area (Å²) in [5, 5.41) is 16.5. The molecule has 1 atom stereocenters. The molecule has 1 aromatic carbocycles. The van der Waals surface area contributed by atoms with Gasteiger partial charge >= 0.3 is 0 Å². The van der Waals surface area contributed by atoms with Gasteiger partial charge in [0.15, 0.2) is 0 Å². The van der Waals surface area contributed by atoms with E-state index in [0.29, 0.717) is 11.9 Å². The molecule has 1 fully saturated rings. The van der Waals surface area contributed by atoms with Gasteiger partial charge in [0.05, 0.1) is 11.4 Å². The molecule has 2 aromatic rings. The van der Waals surface area contributed by atoms with Crippen LogP contribution in [-0.2, 0) is 0 Å². The second kappa shape index (κ2) is 7.42. The zero-order valence-electron chi connectivity index (χ0n) is 12.5. The van der Waals surface area contributed by atoms with Crippen LogP contribution in [-0.4, -0.2) is 35.2 Å². The number of nitrogens with zero attached hydrogens (tertiary/aromatic N) is 2. The van der Waals surface area contributed by atoms with Crippen LogP contribution >= 0.6 is 12.4 Å². The number of anilines is 1. The van der Waals surface area contributed by atoms with Gasteiger partial charge in [0, 0.05) is 25.1 Å². The van der Waals surface area contributed by atoms with E-state index in [1.165, 1.54) is 0 Å². The smallest absolute Gasteiger partial charge is 0.223 e. The maximum Gasteiger partial charge on any atom is 0.223 e. The first-order chi connectivity index (χ1) is 10.3. The van der Waals surface area contributed by atoms with Crippen molar-refractivity contribution in [2.45, 2.75) is 18.8 Å². The Hall–Kier alpha value is -1.85. The SMILES string of the molecule is CNc1nc(-c2ccccc2O)cc(C2CCCNC2)n1.Cl. The third-order valence-corrected chi connectivity index (χ3v) is 3.86. The van der Waals surface area contributed by atoms with Crippen LogP contribution < -0.4 is 10.6 Å². The summed E-state index contributed by atoms with van der Waals surface area (Å²) in [5.74, 6) is 1.24. The molecule has 3 N–H and O–H groups in total. The van der Waals surface area contributed by atoms with Crippen LogP contribution in [0.1, 0.15) is 24.5 Å². The molecule has 1 saturated heterocycles. The summed E-state index contributed by atoms with van der Waals surface area (Å²) in [6.45, 7) is 2.02. The van der Waals surface area contributed by atoms with Crippen LogP contribution in [0.2, 0.25) is 0 Å². The lowest BCUT2D eigenvalue weighted by molar-refractivity contribution is 0.454. The summed E-state index contributed by atoms with van der Waals surface area (Å²) in [6.07, 6.45) is 2.29. The zero-order valence-corrected chi connectivity index (χ0v) is 13.4. The lowest BCUT2D eigenvalue weighted by atomic mass is 9.95. The molecule has 0 saturated carbocycles. The van der Waals surface area contributed by atoms with Crippen LogP contribution in [0.3, 0.4) is 0 Å². The van der Waals surface area contributed by atoms with Gasteiger partial charge < -0.3 is 15.7 Å². The molecule has 1 aliphatic rings. The minimum Gasteiger partial charge on any atom is -0.507 e. The van der Waals surface area contributed by atoms with Crippen LogP contribution in [0.5, 0.6) is 5.75 Å². The summed E-state index contributed by atoms with van der Waals surface area (Å²) in [4.78, 5) is 9.06. The van der Waals surface area contributed by atoms with Crippen LogP contribution in [0, 0.1) is 0 Å². The van der Waals surface area contributed by atoms with Gasteiger partial charge in [-0.05, 0) is 37.6 Å². The Balaban J connectivity index is 0.00000176. The average molecular weight is 321 g/mol. The van der Waals surface area contributed by atoms with Gasteiger partial charge in [0.2, 0.25) is 5.95 Å². The van der Waals surface area contributed by atoms with E-state index in [-0.39, 0.29) is 18.2 Å². The summed E-state index contributed by atoms with van der Waals surface area (Å²) >= 11 is 0. The van der Waals surface area contributed by atoms with Gasteiger partial charge in [0.1, 0.15) is 5.75 Å². The van der Waals surface area contributed by atoms with E-state index in [1.54, 1.807) is 6.07 Å². The fourth-order valence-corrected chi connectivity index (χ4v) is 2.72. The Labute approximate surface area is 136 Å². The summed E-state index contributed by atoms with van der Waals surface area (Å²) < 4.78 is 0. The van der Waals surface area contributed by atoms with Gasteiger partial charge in [-0.1, -0.05) is 12.1 Å². The highest BCUT2D eigenvalue weighted by Gasteiger charge is 2.19. The minimum absolute atomic E-state index is 0. The Morgan fingerprint density at radius 1 is 1.27 bits per heavy atom. The Morgan fingerprint density at radius 2 is 2.09 bits per heavy atom. The lowest BCUT2D eigenvalue weighted by Gasteiger charge is -2.23. The fourth-order valence-electron chi connectivity index (χ4n) is 2.72. The van der Waals surface area contributed by atoms with Gasteiger partial charge in [-0.3, -0.25) is 0 Å². The normalized spacial score (nSPS) is 17.6. The van der Waals surface area contributed by atoms with Crippen LogP contribution in [0.15, 0.2) is 30.3 Å². The highest BCUT2D eigenvalue weighted by molar-refractivity contribution is 5.85. The first-order valence-electron chi connectivity index (χ1n) is 7.34. The summed E-state index contributed by atoms with van der Waals surface area (Å²) in [6, 6.07) is 9.26. The summed E-state index contributed by atoms with van der Waals surface area (Å²) in [7, 11) is 1.81. The molecule has 22 heavy (non-hydrogen) atoms. The second-order valence-electron chi connectivity index (χ2n) is 5.31. The fraction of sp³-hybridized carbons (Fsp3) is 0.375. The molecule has 3 rings (SSSR count). The second-order valence-corrected chi connectivity index (χ2v) is 5.31. The summed E-state index contributed by atoms with van der Waals surface area (Å²) in [5.41, 5.74) is 2.52. The number of phenols is 1. The minimum atomic E-state index is 0. The molecule has 5 nitrogen and oxygen atoms in total. The largest absolute Gasteiger partial charge is 0.507 e. The van der Waals surface area contributed by atoms with Crippen LogP contribution in [0.25, 0.3) is 11.3 Å². The predicted molar refractivity (Wildman–Crippen MR) is 90.8 cm³/mol. The molecule has 0 radical (unpaired) electrons. The Morgan fingerprint density at radius 3 is 2.77 bits per heavy atom. The number of nitrogens with one attached hydrogen (secondary N) is 2. The van der Waals surface area contributed by atoms with E-state index >= 15 is 0 Å². The number of halogens is 1. The first kappa shape index (κ1) is 16.5. The molecule has 0 spiro atoms. The number of hydrogen-bond acceptors (Lipinski definition) is 5. The zero-order chi connectivity index (χ0) is 14.7. The topological polar surface area (TPSA) is 70.1 Å². The van der Waals surface area contributed by atoms with Crippen molar-refractivity contribution in [3.8, 4) is 17.0 Å². The number of piperidine rings is 1. The maximum absolute atomic E-state index is 10.0. The molecule has 118 valence electrons. The molecule has 6 heteroatoms. The first-order valence-corrected chi connectivity index (χ1v) is 7.34. The Bertz CT molecular complexity index is 629. The van der Waals surface area contributed by atoms with Crippen molar-refractivity contribution in [2.75, 3.05) is 25.5 Å². The molecule has 0 aliphatic carbocycles. The molecular formula is C16H21ClN4O. The van der Waals surface area contributed by atoms with Crippen molar-refractivity contribution in [3.63, 3.8) is 0 Å². The van der Waals surface area contributed by atoms with Crippen molar-refractivity contribution in [2.24, 2.45) is 0 Å². The van der Waals surface area contributed by atoms with Crippen molar-refractivity contribution in [1.29, 1.82) is 0 Å². The monoisotopic (exact) mass is 320 g/mol. The van der Waals surface area contributed by atoms with E-state index < -0.39 is 0 Å². The van der Waals surface area contributed by atoms with Gasteiger partial charge in [-0.25, -0.2) is 9.97 Å². The predicted octanol–water partition coefficient (Wildman–Crippen LogP) is 2.78. The van der Waals surface area contributed by atoms with E-state index in [1.807, 2.05) is 31.3 Å². The van der Waals surface area contributed by atoms with Crippen molar-refractivity contribution in [3.05, 3.63) is 36.0 Å². The molecule has 1 unspecified atom stereocenters. The number of aromatic nitrogens is 2. The van der Waals surface area contributed by atoms with Crippen molar-refractivity contribution < 1.29 is 5.11 Å². The van der Waals surface area contributed by atoms with Crippen molar-refractivity contribution in [1.82, 2.24) is 15.3 Å². The van der Waals surface area contributed by atoms with E-state index in [0.717, 1.165) is 42.9 Å². The molecule has 1 aromatic heterocycles. The van der Waals surface area contributed by atoms with Gasteiger partial charge in [0.25, 0.3) is 0 Å². The molecule has 0 amide bonds. The Kier molecular flexibility index (Phi) is 5.57. The van der Waals surface area contributed by atoms with E-state index in [4.69, 9.17) is 0 Å². The molecular weight excluding hydrogens is 300 g/mol. The van der Waals surface area contributed by atoms with E-state index in [2.05, 4.69) is 20.6 Å². The standard InChI is InChI=1S/C16H20N4O.ClH/c1-17-16-19-13(11-5-4-8-18-10-11)9-14(20-16)12-6-2-3-7-15(12)21;/h2-3,6-7,9,11,18,21H,4-5,8,10H2,1H3,(H,17,19,20);1H. The van der Waals surface area contributed by atoms with E-state index in [9.17, 15) is 5.11 Å². The van der Waals surface area contributed by atoms with Gasteiger partial charge in [-0.2, -0.15) is 0 Å². The number of aromatic hydroxyl groups is 1. The number of para-hydroxylation sites is 1. The highest BCUT2D eigenvalue weighted by atomic mass is 35.5. The maximum atomic E-state index is 10.0. The average Bonchev–Trinajstić information content (AvgIpc) is 2.55. The number of phenolic OH excluding ortho intramolecular Hbond substituents is 1. The molecule has 2 heterocycles. The van der Waals surface area contributed by atoms with Crippen molar-refractivity contribution >= 4 is 18.4 Å². The number of hydrogen-bond donors (Lipinski definition) is 3. The van der Waals surface area contributed by atoms with Gasteiger partial charge in [-0.15, -0.1) is 12.4 Å².